The number of carbonyl (C=O) groups is 4. The Morgan fingerprint density at radius 1 is 1.00 bits per heavy atom. The molecule has 41 heavy (non-hydrogen) atoms. The lowest BCUT2D eigenvalue weighted by molar-refractivity contribution is -0.149. The molecule has 1 aromatic carbocycles. The standard InChI is InChI=1S/C32H49N3O6/c1-9-12-19-26(21-24-17-14-13-15-18-24)41-32(39)35(8)28(20-23(4)5)29(36)33-27(31(38)40-11-3)22-25(16-10-2)30(37)34(6)7/h9-10,13-15,17-18,23,25-28H,1-2,11-12,16,19-22H2,3-8H3,(H,33,36)/t25?,26?,27-,28-/m0/s1. The third-order valence-electron chi connectivity index (χ3n) is 6.67. The molecule has 0 aliphatic rings. The van der Waals surface area contributed by atoms with Gasteiger partial charge in [0.25, 0.3) is 0 Å². The number of nitrogens with one attached hydrogen (secondary N) is 1. The van der Waals surface area contributed by atoms with Crippen LogP contribution in [0.4, 0.5) is 4.79 Å². The number of allylic oxidation sites excluding steroid dienone is 2. The molecule has 9 nitrogen and oxygen atoms in total. The van der Waals surface area contributed by atoms with Crippen molar-refractivity contribution < 1.29 is 28.7 Å². The van der Waals surface area contributed by atoms with Gasteiger partial charge in [-0.1, -0.05) is 56.3 Å². The molecule has 0 fully saturated rings. The molecular weight excluding hydrogens is 522 g/mol. The van der Waals surface area contributed by atoms with Crippen molar-refractivity contribution >= 4 is 23.9 Å². The molecule has 2 unspecified atom stereocenters. The van der Waals surface area contributed by atoms with Crippen molar-refractivity contribution in [1.29, 1.82) is 0 Å². The summed E-state index contributed by atoms with van der Waals surface area (Å²) in [6, 6.07) is 7.77. The second kappa shape index (κ2) is 18.7. The molecule has 0 heterocycles. The van der Waals surface area contributed by atoms with E-state index in [4.69, 9.17) is 9.47 Å². The number of carbonyl (C=O) groups excluding carboxylic acids is 4. The van der Waals surface area contributed by atoms with Crippen LogP contribution in [0.3, 0.4) is 0 Å². The summed E-state index contributed by atoms with van der Waals surface area (Å²) in [5, 5.41) is 2.77. The Hall–Kier alpha value is -3.62. The molecule has 0 bridgehead atoms. The van der Waals surface area contributed by atoms with Crippen LogP contribution in [0.25, 0.3) is 0 Å². The number of benzene rings is 1. The monoisotopic (exact) mass is 571 g/mol. The summed E-state index contributed by atoms with van der Waals surface area (Å²) < 4.78 is 11.1. The van der Waals surface area contributed by atoms with E-state index < -0.39 is 42.1 Å². The van der Waals surface area contributed by atoms with Gasteiger partial charge >= 0.3 is 12.1 Å². The molecule has 1 rings (SSSR count). The van der Waals surface area contributed by atoms with E-state index in [9.17, 15) is 19.2 Å². The Morgan fingerprint density at radius 2 is 1.66 bits per heavy atom. The van der Waals surface area contributed by atoms with Gasteiger partial charge in [-0.15, -0.1) is 13.2 Å². The van der Waals surface area contributed by atoms with Crippen LogP contribution in [-0.4, -0.2) is 79.6 Å². The molecular formula is C32H49N3O6. The average molecular weight is 572 g/mol. The number of hydrogen-bond donors (Lipinski definition) is 1. The molecule has 0 aliphatic carbocycles. The van der Waals surface area contributed by atoms with E-state index in [0.29, 0.717) is 32.1 Å². The summed E-state index contributed by atoms with van der Waals surface area (Å²) in [7, 11) is 4.79. The third kappa shape index (κ3) is 12.6. The maximum Gasteiger partial charge on any atom is 0.410 e. The van der Waals surface area contributed by atoms with Crippen molar-refractivity contribution in [3.63, 3.8) is 0 Å². The number of nitrogens with zero attached hydrogens (tertiary/aromatic N) is 2. The van der Waals surface area contributed by atoms with Crippen LogP contribution in [0.2, 0.25) is 0 Å². The molecule has 9 heteroatoms. The molecule has 0 aliphatic heterocycles. The minimum atomic E-state index is -1.08. The smallest absolute Gasteiger partial charge is 0.410 e. The highest BCUT2D eigenvalue weighted by Crippen LogP contribution is 2.19. The minimum Gasteiger partial charge on any atom is -0.464 e. The van der Waals surface area contributed by atoms with E-state index in [1.807, 2.05) is 44.2 Å². The average Bonchev–Trinajstić information content (AvgIpc) is 2.93. The normalized spacial score (nSPS) is 13.7. The molecule has 4 atom stereocenters. The van der Waals surface area contributed by atoms with E-state index in [2.05, 4.69) is 18.5 Å². The first-order valence-corrected chi connectivity index (χ1v) is 14.3. The second-order valence-corrected chi connectivity index (χ2v) is 10.8. The molecule has 0 saturated heterocycles. The van der Waals surface area contributed by atoms with E-state index in [1.165, 1.54) is 16.8 Å². The summed E-state index contributed by atoms with van der Waals surface area (Å²) in [5.74, 6) is -1.85. The fourth-order valence-corrected chi connectivity index (χ4v) is 4.50. The first kappa shape index (κ1) is 35.4. The van der Waals surface area contributed by atoms with E-state index in [-0.39, 0.29) is 24.9 Å². The fraction of sp³-hybridized carbons (Fsp3) is 0.562. The van der Waals surface area contributed by atoms with Gasteiger partial charge in [-0.25, -0.2) is 9.59 Å². The van der Waals surface area contributed by atoms with Gasteiger partial charge < -0.3 is 19.7 Å². The first-order valence-electron chi connectivity index (χ1n) is 14.3. The Bertz CT molecular complexity index is 994. The van der Waals surface area contributed by atoms with Gasteiger partial charge in [0.1, 0.15) is 18.2 Å². The highest BCUT2D eigenvalue weighted by Gasteiger charge is 2.35. The second-order valence-electron chi connectivity index (χ2n) is 10.8. The highest BCUT2D eigenvalue weighted by atomic mass is 16.6. The zero-order valence-electron chi connectivity index (χ0n) is 25.6. The summed E-state index contributed by atoms with van der Waals surface area (Å²) in [4.78, 5) is 55.3. The van der Waals surface area contributed by atoms with E-state index in [0.717, 1.165) is 5.56 Å². The Kier molecular flexibility index (Phi) is 16.1. The van der Waals surface area contributed by atoms with Crippen molar-refractivity contribution in [2.45, 2.75) is 77.5 Å². The Balaban J connectivity index is 3.17. The van der Waals surface area contributed by atoms with Crippen LogP contribution in [0.1, 0.15) is 58.4 Å². The topological polar surface area (TPSA) is 105 Å². The van der Waals surface area contributed by atoms with Gasteiger partial charge in [0.15, 0.2) is 0 Å². The molecule has 0 radical (unpaired) electrons. The molecule has 228 valence electrons. The van der Waals surface area contributed by atoms with Crippen LogP contribution < -0.4 is 5.32 Å². The van der Waals surface area contributed by atoms with Gasteiger partial charge in [-0.3, -0.25) is 14.5 Å². The fourth-order valence-electron chi connectivity index (χ4n) is 4.50. The van der Waals surface area contributed by atoms with E-state index >= 15 is 0 Å². The Morgan fingerprint density at radius 3 is 2.20 bits per heavy atom. The van der Waals surface area contributed by atoms with Crippen molar-refractivity contribution in [2.24, 2.45) is 11.8 Å². The summed E-state index contributed by atoms with van der Waals surface area (Å²) in [6.45, 7) is 13.2. The maximum absolute atomic E-state index is 13.6. The number of likely N-dealkylation sites (N-methyl/N-ethyl adjacent to an activating group) is 1. The summed E-state index contributed by atoms with van der Waals surface area (Å²) in [6.07, 6.45) is 4.86. The molecule has 1 N–H and O–H groups in total. The van der Waals surface area contributed by atoms with Gasteiger partial charge in [-0.2, -0.15) is 0 Å². The van der Waals surface area contributed by atoms with Crippen molar-refractivity contribution in [3.8, 4) is 0 Å². The SMILES string of the molecule is C=CCCC(Cc1ccccc1)OC(=O)N(C)[C@@H](CC(C)C)C(=O)N[C@@H](CC(CC=C)C(=O)N(C)C)C(=O)OCC. The van der Waals surface area contributed by atoms with Crippen LogP contribution in [0, 0.1) is 11.8 Å². The first-order chi connectivity index (χ1) is 19.4. The quantitative estimate of drug-likeness (QED) is 0.201. The molecule has 1 aromatic rings. The highest BCUT2D eigenvalue weighted by molar-refractivity contribution is 5.90. The number of ether oxygens (including phenoxy) is 2. The number of esters is 1. The van der Waals surface area contributed by atoms with Crippen molar-refractivity contribution in [3.05, 3.63) is 61.2 Å². The van der Waals surface area contributed by atoms with E-state index in [1.54, 1.807) is 33.2 Å². The summed E-state index contributed by atoms with van der Waals surface area (Å²) in [5.41, 5.74) is 1.03. The molecule has 3 amide bonds. The molecule has 0 spiro atoms. The third-order valence-corrected chi connectivity index (χ3v) is 6.67. The molecule has 0 saturated carbocycles. The van der Waals surface area contributed by atoms with Crippen LogP contribution >= 0.6 is 0 Å². The van der Waals surface area contributed by atoms with Crippen LogP contribution in [-0.2, 0) is 30.3 Å². The lowest BCUT2D eigenvalue weighted by Gasteiger charge is -2.31. The van der Waals surface area contributed by atoms with Crippen molar-refractivity contribution in [1.82, 2.24) is 15.1 Å². The lowest BCUT2D eigenvalue weighted by Crippen LogP contribution is -2.54. The lowest BCUT2D eigenvalue weighted by atomic mass is 9.94. The number of amides is 3. The largest absolute Gasteiger partial charge is 0.464 e. The van der Waals surface area contributed by atoms with Crippen molar-refractivity contribution in [2.75, 3.05) is 27.7 Å². The zero-order chi connectivity index (χ0) is 30.9. The van der Waals surface area contributed by atoms with Gasteiger partial charge in [0.2, 0.25) is 11.8 Å². The molecule has 0 aromatic heterocycles. The van der Waals surface area contributed by atoms with Gasteiger partial charge in [0.05, 0.1) is 6.61 Å². The van der Waals surface area contributed by atoms with Crippen LogP contribution in [0.5, 0.6) is 0 Å². The minimum absolute atomic E-state index is 0.0386. The number of hydrogen-bond acceptors (Lipinski definition) is 6. The zero-order valence-corrected chi connectivity index (χ0v) is 25.6. The maximum atomic E-state index is 13.6. The Labute approximate surface area is 245 Å². The summed E-state index contributed by atoms with van der Waals surface area (Å²) >= 11 is 0. The van der Waals surface area contributed by atoms with Gasteiger partial charge in [-0.05, 0) is 50.5 Å². The predicted octanol–water partition coefficient (Wildman–Crippen LogP) is 4.77. The number of rotatable bonds is 18. The predicted molar refractivity (Wildman–Crippen MR) is 161 cm³/mol. The van der Waals surface area contributed by atoms with Crippen LogP contribution in [0.15, 0.2) is 55.6 Å². The van der Waals surface area contributed by atoms with Gasteiger partial charge in [0, 0.05) is 33.5 Å².